The molecule has 3 heterocycles. The van der Waals surface area contributed by atoms with E-state index in [0.29, 0.717) is 18.7 Å². The van der Waals surface area contributed by atoms with E-state index in [1.807, 2.05) is 6.07 Å². The third kappa shape index (κ3) is 4.20. The molecule has 7 nitrogen and oxygen atoms in total. The Hall–Kier alpha value is -2.99. The van der Waals surface area contributed by atoms with Gasteiger partial charge in [-0.05, 0) is 55.9 Å². The minimum Gasteiger partial charge on any atom is -0.347 e. The van der Waals surface area contributed by atoms with Gasteiger partial charge in [0.2, 0.25) is 5.91 Å². The zero-order valence-corrected chi connectivity index (χ0v) is 19.0. The summed E-state index contributed by atoms with van der Waals surface area (Å²) in [7, 11) is -3.76. The van der Waals surface area contributed by atoms with Gasteiger partial charge in [0.15, 0.2) is 9.84 Å². The number of sulfone groups is 1. The van der Waals surface area contributed by atoms with Crippen molar-refractivity contribution in [2.45, 2.75) is 55.0 Å². The van der Waals surface area contributed by atoms with Crippen molar-refractivity contribution < 1.29 is 17.6 Å². The second kappa shape index (κ2) is 8.41. The Labute approximate surface area is 192 Å². The van der Waals surface area contributed by atoms with Crippen LogP contribution in [0.4, 0.5) is 10.2 Å². The average molecular weight is 469 g/mol. The molecule has 2 aromatic rings. The average Bonchev–Trinajstić information content (AvgIpc) is 3.62. The van der Waals surface area contributed by atoms with Gasteiger partial charge < -0.3 is 9.80 Å². The maximum atomic E-state index is 14.3. The minimum atomic E-state index is -3.76. The first kappa shape index (κ1) is 21.8. The SMILES string of the molecule is N#Cc1ccc(N2C3CCC2CN(C(=O)CCS(=O)(=O)c2cccc(F)c2C2CC2)C3)nc1. The van der Waals surface area contributed by atoms with Crippen molar-refractivity contribution in [3.63, 3.8) is 0 Å². The first-order valence-electron chi connectivity index (χ1n) is 11.3. The quantitative estimate of drug-likeness (QED) is 0.647. The highest BCUT2D eigenvalue weighted by Gasteiger charge is 2.42. The molecule has 2 aliphatic heterocycles. The molecule has 33 heavy (non-hydrogen) atoms. The van der Waals surface area contributed by atoms with E-state index in [1.165, 1.54) is 18.2 Å². The lowest BCUT2D eigenvalue weighted by Gasteiger charge is -2.41. The van der Waals surface area contributed by atoms with Crippen LogP contribution in [0.3, 0.4) is 0 Å². The van der Waals surface area contributed by atoms with Crippen molar-refractivity contribution in [1.29, 1.82) is 5.26 Å². The van der Waals surface area contributed by atoms with Crippen LogP contribution in [0.25, 0.3) is 0 Å². The predicted molar refractivity (Wildman–Crippen MR) is 120 cm³/mol. The van der Waals surface area contributed by atoms with Crippen LogP contribution in [0.2, 0.25) is 0 Å². The van der Waals surface area contributed by atoms with Crippen molar-refractivity contribution in [3.8, 4) is 6.07 Å². The second-order valence-corrected chi connectivity index (χ2v) is 11.2. The normalized spacial score (nSPS) is 22.3. The van der Waals surface area contributed by atoms with Crippen molar-refractivity contribution in [1.82, 2.24) is 9.88 Å². The van der Waals surface area contributed by atoms with Crippen LogP contribution in [0.1, 0.15) is 49.1 Å². The summed E-state index contributed by atoms with van der Waals surface area (Å²) in [6.07, 6.45) is 4.90. The monoisotopic (exact) mass is 468 g/mol. The van der Waals surface area contributed by atoms with E-state index < -0.39 is 15.7 Å². The van der Waals surface area contributed by atoms with Gasteiger partial charge in [-0.15, -0.1) is 0 Å². The molecule has 0 spiro atoms. The standard InChI is InChI=1S/C24H25FN4O3S/c25-20-2-1-3-21(24(20)17-5-6-17)33(31,32)11-10-23(30)28-14-18-7-8-19(15-28)29(18)22-9-4-16(12-26)13-27-22/h1-4,9,13,17-19H,5-8,10-11,14-15H2. The molecule has 2 atom stereocenters. The first-order valence-corrected chi connectivity index (χ1v) is 13.0. The van der Waals surface area contributed by atoms with Crippen LogP contribution in [0.5, 0.6) is 0 Å². The van der Waals surface area contributed by atoms with E-state index in [0.717, 1.165) is 31.5 Å². The fraction of sp³-hybridized carbons (Fsp3) is 0.458. The fourth-order valence-corrected chi connectivity index (χ4v) is 6.68. The Balaban J connectivity index is 1.25. The number of likely N-dealkylation sites (tertiary alicyclic amines) is 1. The predicted octanol–water partition coefficient (Wildman–Crippen LogP) is 3.01. The number of fused-ring (bicyclic) bond motifs is 2. The first-order chi connectivity index (χ1) is 15.9. The zero-order chi connectivity index (χ0) is 23.2. The largest absolute Gasteiger partial charge is 0.347 e. The van der Waals surface area contributed by atoms with Gasteiger partial charge in [-0.1, -0.05) is 6.07 Å². The Bertz CT molecular complexity index is 1210. The summed E-state index contributed by atoms with van der Waals surface area (Å²) in [5.41, 5.74) is 0.788. The van der Waals surface area contributed by atoms with E-state index in [4.69, 9.17) is 5.26 Å². The molecule has 9 heteroatoms. The number of rotatable bonds is 6. The number of carbonyl (C=O) groups is 1. The number of hydrogen-bond donors (Lipinski definition) is 0. The number of nitriles is 1. The fourth-order valence-electron chi connectivity index (χ4n) is 5.13. The van der Waals surface area contributed by atoms with Gasteiger partial charge in [0.05, 0.1) is 16.2 Å². The van der Waals surface area contributed by atoms with Crippen LogP contribution >= 0.6 is 0 Å². The minimum absolute atomic E-state index is 0.0359. The van der Waals surface area contributed by atoms with Gasteiger partial charge in [0, 0.05) is 43.4 Å². The van der Waals surface area contributed by atoms with Gasteiger partial charge in [0.1, 0.15) is 17.7 Å². The summed E-state index contributed by atoms with van der Waals surface area (Å²) in [6.45, 7) is 1.04. The molecule has 5 rings (SSSR count). The molecular weight excluding hydrogens is 443 g/mol. The topological polar surface area (TPSA) is 94.4 Å². The van der Waals surface area contributed by atoms with Gasteiger partial charge in [-0.3, -0.25) is 4.79 Å². The van der Waals surface area contributed by atoms with Gasteiger partial charge in [-0.25, -0.2) is 17.8 Å². The molecule has 1 amide bonds. The van der Waals surface area contributed by atoms with Crippen molar-refractivity contribution >= 4 is 21.6 Å². The Kier molecular flexibility index (Phi) is 5.57. The van der Waals surface area contributed by atoms with Crippen molar-refractivity contribution in [2.24, 2.45) is 0 Å². The molecule has 0 radical (unpaired) electrons. The third-order valence-electron chi connectivity index (χ3n) is 6.89. The van der Waals surface area contributed by atoms with Crippen molar-refractivity contribution in [2.75, 3.05) is 23.7 Å². The second-order valence-electron chi connectivity index (χ2n) is 9.10. The summed E-state index contributed by atoms with van der Waals surface area (Å²) in [5, 5.41) is 8.98. The molecule has 2 unspecified atom stereocenters. The third-order valence-corrected chi connectivity index (χ3v) is 8.66. The molecule has 1 aromatic carbocycles. The number of amides is 1. The lowest BCUT2D eigenvalue weighted by atomic mass is 10.1. The van der Waals surface area contributed by atoms with Gasteiger partial charge >= 0.3 is 0 Å². The highest BCUT2D eigenvalue weighted by atomic mass is 32.2. The molecule has 1 saturated carbocycles. The number of halogens is 1. The number of carbonyl (C=O) groups excluding carboxylic acids is 1. The van der Waals surface area contributed by atoms with Crippen LogP contribution in [0.15, 0.2) is 41.4 Å². The lowest BCUT2D eigenvalue weighted by Crippen LogP contribution is -2.55. The Morgan fingerprint density at radius 3 is 2.45 bits per heavy atom. The van der Waals surface area contributed by atoms with E-state index in [2.05, 4.69) is 16.0 Å². The van der Waals surface area contributed by atoms with Crippen LogP contribution in [-0.2, 0) is 14.6 Å². The molecule has 1 aliphatic carbocycles. The van der Waals surface area contributed by atoms with E-state index in [9.17, 15) is 17.6 Å². The molecule has 1 aromatic heterocycles. The van der Waals surface area contributed by atoms with E-state index in [1.54, 1.807) is 17.2 Å². The summed E-state index contributed by atoms with van der Waals surface area (Å²) < 4.78 is 40.3. The molecule has 0 N–H and O–H groups in total. The summed E-state index contributed by atoms with van der Waals surface area (Å²) >= 11 is 0. The van der Waals surface area contributed by atoms with Crippen LogP contribution < -0.4 is 4.90 Å². The maximum Gasteiger partial charge on any atom is 0.223 e. The zero-order valence-electron chi connectivity index (χ0n) is 18.2. The maximum absolute atomic E-state index is 14.3. The van der Waals surface area contributed by atoms with E-state index in [-0.39, 0.29) is 46.5 Å². The summed E-state index contributed by atoms with van der Waals surface area (Å²) in [6, 6.07) is 10.1. The number of aromatic nitrogens is 1. The molecule has 2 saturated heterocycles. The summed E-state index contributed by atoms with van der Waals surface area (Å²) in [4.78, 5) is 21.4. The van der Waals surface area contributed by atoms with Crippen LogP contribution in [0, 0.1) is 17.1 Å². The molecular formula is C24H25FN4O3S. The number of hydrogen-bond acceptors (Lipinski definition) is 6. The molecule has 2 bridgehead atoms. The summed E-state index contributed by atoms with van der Waals surface area (Å²) in [5.74, 6) is -0.218. The Morgan fingerprint density at radius 1 is 1.12 bits per heavy atom. The molecule has 3 fully saturated rings. The number of anilines is 1. The molecule has 172 valence electrons. The van der Waals surface area contributed by atoms with Gasteiger partial charge in [0.25, 0.3) is 0 Å². The van der Waals surface area contributed by atoms with Gasteiger partial charge in [-0.2, -0.15) is 5.26 Å². The molecule has 3 aliphatic rings. The number of benzene rings is 1. The highest BCUT2D eigenvalue weighted by molar-refractivity contribution is 7.91. The number of nitrogens with zero attached hydrogens (tertiary/aromatic N) is 4. The number of piperazine rings is 1. The smallest absolute Gasteiger partial charge is 0.223 e. The highest BCUT2D eigenvalue weighted by Crippen LogP contribution is 2.44. The number of pyridine rings is 1. The van der Waals surface area contributed by atoms with Crippen LogP contribution in [-0.4, -0.2) is 55.1 Å². The Morgan fingerprint density at radius 2 is 1.85 bits per heavy atom. The lowest BCUT2D eigenvalue weighted by molar-refractivity contribution is -0.131. The van der Waals surface area contributed by atoms with E-state index >= 15 is 0 Å². The van der Waals surface area contributed by atoms with Crippen molar-refractivity contribution in [3.05, 3.63) is 53.5 Å².